The lowest BCUT2D eigenvalue weighted by Gasteiger charge is -2.42. The highest BCUT2D eigenvalue weighted by Gasteiger charge is 2.37. The predicted molar refractivity (Wildman–Crippen MR) is 154 cm³/mol. The van der Waals surface area contributed by atoms with Crippen LogP contribution in [0.1, 0.15) is 100 Å². The van der Waals surface area contributed by atoms with Gasteiger partial charge in [0.2, 0.25) is 0 Å². The van der Waals surface area contributed by atoms with Gasteiger partial charge in [0.1, 0.15) is 13.2 Å². The molecule has 1 aliphatic carbocycles. The monoisotopic (exact) mass is 518 g/mol. The Balaban J connectivity index is 1.86. The number of esters is 1. The van der Waals surface area contributed by atoms with Crippen molar-refractivity contribution < 1.29 is 19.2 Å². The number of anilines is 1. The van der Waals surface area contributed by atoms with E-state index in [9.17, 15) is 9.59 Å². The first-order valence-corrected chi connectivity index (χ1v) is 13.6. The van der Waals surface area contributed by atoms with Gasteiger partial charge in [-0.15, -0.1) is 0 Å². The van der Waals surface area contributed by atoms with Crippen LogP contribution in [0.15, 0.2) is 60.3 Å². The van der Waals surface area contributed by atoms with Crippen LogP contribution in [-0.4, -0.2) is 30.8 Å². The van der Waals surface area contributed by atoms with Gasteiger partial charge in [-0.05, 0) is 78.0 Å². The number of rotatable bonds is 12. The maximum absolute atomic E-state index is 13.5. The number of hydrogen-bond acceptors (Lipinski definition) is 5. The Hall–Kier alpha value is -3.41. The molecule has 1 amide bonds. The Morgan fingerprint density at radius 3 is 2.26 bits per heavy atom. The van der Waals surface area contributed by atoms with Gasteiger partial charge in [-0.25, -0.2) is 4.79 Å². The van der Waals surface area contributed by atoms with E-state index in [-0.39, 0.29) is 29.1 Å². The summed E-state index contributed by atoms with van der Waals surface area (Å²) in [5.41, 5.74) is 4.54. The summed E-state index contributed by atoms with van der Waals surface area (Å²) in [5.74, 6) is -0.811. The van der Waals surface area contributed by atoms with Gasteiger partial charge in [-0.1, -0.05) is 77.4 Å². The minimum Gasteiger partial charge on any atom is -0.458 e. The van der Waals surface area contributed by atoms with E-state index in [0.29, 0.717) is 17.9 Å². The van der Waals surface area contributed by atoms with Crippen LogP contribution in [0.5, 0.6) is 0 Å². The molecule has 0 heterocycles. The van der Waals surface area contributed by atoms with Crippen molar-refractivity contribution in [2.24, 2.45) is 5.16 Å². The molecule has 38 heavy (non-hydrogen) atoms. The molecule has 2 aromatic rings. The van der Waals surface area contributed by atoms with Crippen molar-refractivity contribution in [3.63, 3.8) is 0 Å². The first kappa shape index (κ1) is 29.2. The van der Waals surface area contributed by atoms with Crippen LogP contribution in [0.4, 0.5) is 5.69 Å². The smallest absolute Gasteiger partial charge is 0.338 e. The summed E-state index contributed by atoms with van der Waals surface area (Å²) >= 11 is 0. The van der Waals surface area contributed by atoms with Crippen LogP contribution in [0.2, 0.25) is 0 Å². The maximum atomic E-state index is 13.5. The molecule has 3 rings (SSSR count). The Bertz CT molecular complexity index is 1160. The summed E-state index contributed by atoms with van der Waals surface area (Å²) in [7, 11) is 0. The van der Waals surface area contributed by atoms with Gasteiger partial charge in [0.05, 0.1) is 5.56 Å². The van der Waals surface area contributed by atoms with E-state index in [1.807, 2.05) is 6.07 Å². The summed E-state index contributed by atoms with van der Waals surface area (Å²) in [6.45, 7) is 15.4. The number of ether oxygens (including phenoxy) is 1. The van der Waals surface area contributed by atoms with E-state index in [4.69, 9.17) is 9.57 Å². The Morgan fingerprint density at radius 1 is 0.947 bits per heavy atom. The van der Waals surface area contributed by atoms with Crippen molar-refractivity contribution in [1.29, 1.82) is 0 Å². The highest BCUT2D eigenvalue weighted by Crippen LogP contribution is 2.46. The van der Waals surface area contributed by atoms with Crippen LogP contribution in [0, 0.1) is 0 Å². The molecule has 0 aromatic heterocycles. The average Bonchev–Trinajstić information content (AvgIpc) is 2.89. The van der Waals surface area contributed by atoms with Crippen molar-refractivity contribution >= 4 is 23.3 Å². The molecule has 0 bridgehead atoms. The van der Waals surface area contributed by atoms with E-state index >= 15 is 0 Å². The zero-order valence-electron chi connectivity index (χ0n) is 23.6. The third-order valence-electron chi connectivity index (χ3n) is 7.30. The standard InChI is InChI=1S/C32H42N2O4/c1-7-9-10-11-21-38-34-28(24-14-17-26-27(22-24)32(5,6)19-18-31(26,3)4)29(35)33-25-15-12-23(13-16-25)30(36)37-20-8-2/h8,12-17,22H,2,7,9-11,18-21H2,1,3-6H3,(H,33,35). The van der Waals surface area contributed by atoms with Crippen LogP contribution in [-0.2, 0) is 25.2 Å². The highest BCUT2D eigenvalue weighted by atomic mass is 16.6. The fourth-order valence-corrected chi connectivity index (χ4v) is 4.76. The third-order valence-corrected chi connectivity index (χ3v) is 7.30. The molecule has 0 aliphatic heterocycles. The molecule has 0 saturated carbocycles. The second-order valence-corrected chi connectivity index (χ2v) is 11.3. The molecule has 2 aromatic carbocycles. The van der Waals surface area contributed by atoms with E-state index in [1.54, 1.807) is 24.3 Å². The van der Waals surface area contributed by atoms with E-state index in [1.165, 1.54) is 17.2 Å². The van der Waals surface area contributed by atoms with Gasteiger partial charge in [-0.3, -0.25) is 4.79 Å². The summed E-state index contributed by atoms with van der Waals surface area (Å²) in [6.07, 6.45) is 7.95. The van der Waals surface area contributed by atoms with Crippen LogP contribution < -0.4 is 5.32 Å². The molecular formula is C32H42N2O4. The number of fused-ring (bicyclic) bond motifs is 1. The van der Waals surface area contributed by atoms with Gasteiger partial charge >= 0.3 is 5.97 Å². The number of amides is 1. The van der Waals surface area contributed by atoms with Gasteiger partial charge in [0.25, 0.3) is 5.91 Å². The number of nitrogens with one attached hydrogen (secondary N) is 1. The molecule has 1 N–H and O–H groups in total. The SMILES string of the molecule is C=CCOC(=O)c1ccc(NC(=O)C(=NOCCCCCC)c2ccc3c(c2)C(C)(C)CCC3(C)C)cc1. The number of benzene rings is 2. The molecule has 0 atom stereocenters. The number of oxime groups is 1. The molecule has 0 fully saturated rings. The van der Waals surface area contributed by atoms with Crippen LogP contribution in [0.25, 0.3) is 0 Å². The van der Waals surface area contributed by atoms with Crippen molar-refractivity contribution in [2.75, 3.05) is 18.5 Å². The minimum atomic E-state index is -0.443. The Kier molecular flexibility index (Phi) is 9.90. The van der Waals surface area contributed by atoms with Crippen LogP contribution >= 0.6 is 0 Å². The second-order valence-electron chi connectivity index (χ2n) is 11.3. The third kappa shape index (κ3) is 7.33. The molecule has 0 radical (unpaired) electrons. The zero-order chi connectivity index (χ0) is 27.8. The highest BCUT2D eigenvalue weighted by molar-refractivity contribution is 6.48. The predicted octanol–water partition coefficient (Wildman–Crippen LogP) is 7.32. The van der Waals surface area contributed by atoms with E-state index in [0.717, 1.165) is 44.1 Å². The fourth-order valence-electron chi connectivity index (χ4n) is 4.76. The van der Waals surface area contributed by atoms with Crippen LogP contribution in [0.3, 0.4) is 0 Å². The zero-order valence-corrected chi connectivity index (χ0v) is 23.6. The molecular weight excluding hydrogens is 476 g/mol. The summed E-state index contributed by atoms with van der Waals surface area (Å²) in [4.78, 5) is 31.2. The maximum Gasteiger partial charge on any atom is 0.338 e. The van der Waals surface area contributed by atoms with E-state index < -0.39 is 5.97 Å². The Morgan fingerprint density at radius 2 is 1.61 bits per heavy atom. The summed E-state index contributed by atoms with van der Waals surface area (Å²) < 4.78 is 5.07. The van der Waals surface area contributed by atoms with Crippen molar-refractivity contribution in [3.05, 3.63) is 77.4 Å². The van der Waals surface area contributed by atoms with Crippen molar-refractivity contribution in [1.82, 2.24) is 0 Å². The number of hydrogen-bond donors (Lipinski definition) is 1. The summed E-state index contributed by atoms with van der Waals surface area (Å²) in [5, 5.41) is 7.23. The lowest BCUT2D eigenvalue weighted by atomic mass is 9.63. The topological polar surface area (TPSA) is 77.0 Å². The largest absolute Gasteiger partial charge is 0.458 e. The van der Waals surface area contributed by atoms with E-state index in [2.05, 4.69) is 63.8 Å². The van der Waals surface area contributed by atoms with Gasteiger partial charge in [0, 0.05) is 11.3 Å². The number of carbonyl (C=O) groups is 2. The molecule has 6 heteroatoms. The number of carbonyl (C=O) groups excluding carboxylic acids is 2. The van der Waals surface area contributed by atoms with Gasteiger partial charge in [-0.2, -0.15) is 0 Å². The Labute approximate surface area is 227 Å². The normalized spacial score (nSPS) is 15.8. The molecule has 6 nitrogen and oxygen atoms in total. The first-order valence-electron chi connectivity index (χ1n) is 13.6. The lowest BCUT2D eigenvalue weighted by Crippen LogP contribution is -2.34. The molecule has 0 unspecified atom stereocenters. The number of unbranched alkanes of at least 4 members (excludes halogenated alkanes) is 3. The number of nitrogens with zero attached hydrogens (tertiary/aromatic N) is 1. The lowest BCUT2D eigenvalue weighted by molar-refractivity contribution is -0.110. The quantitative estimate of drug-likeness (QED) is 0.105. The molecule has 0 spiro atoms. The first-order chi connectivity index (χ1) is 18.1. The van der Waals surface area contributed by atoms with Crippen molar-refractivity contribution in [2.45, 2.75) is 84.0 Å². The minimum absolute atomic E-state index is 0.000499. The van der Waals surface area contributed by atoms with Crippen molar-refractivity contribution in [3.8, 4) is 0 Å². The fraction of sp³-hybridized carbons (Fsp3) is 0.469. The van der Waals surface area contributed by atoms with Gasteiger partial charge in [0.15, 0.2) is 5.71 Å². The summed E-state index contributed by atoms with van der Waals surface area (Å²) in [6, 6.07) is 12.8. The average molecular weight is 519 g/mol. The molecule has 1 aliphatic rings. The molecule has 0 saturated heterocycles. The second kappa shape index (κ2) is 12.9. The van der Waals surface area contributed by atoms with Gasteiger partial charge < -0.3 is 14.9 Å². The molecule has 204 valence electrons.